The van der Waals surface area contributed by atoms with Gasteiger partial charge < -0.3 is 10.1 Å². The number of ether oxygens (including phenoxy) is 1. The van der Waals surface area contributed by atoms with Crippen molar-refractivity contribution in [2.45, 2.75) is 65.0 Å². The highest BCUT2D eigenvalue weighted by Gasteiger charge is 2.21. The minimum absolute atomic E-state index is 0.00532. The van der Waals surface area contributed by atoms with Crippen LogP contribution < -0.4 is 10.0 Å². The Morgan fingerprint density at radius 3 is 2.38 bits per heavy atom. The molecule has 0 saturated heterocycles. The van der Waals surface area contributed by atoms with Gasteiger partial charge in [0.2, 0.25) is 5.91 Å². The van der Waals surface area contributed by atoms with E-state index in [2.05, 4.69) is 10.3 Å². The molecule has 0 bridgehead atoms. The summed E-state index contributed by atoms with van der Waals surface area (Å²) in [4.78, 5) is 29.0. The summed E-state index contributed by atoms with van der Waals surface area (Å²) in [6, 6.07) is 6.02. The molecule has 0 fully saturated rings. The van der Waals surface area contributed by atoms with Gasteiger partial charge >= 0.3 is 16.3 Å². The summed E-state index contributed by atoms with van der Waals surface area (Å²) in [5.41, 5.74) is 1.36. The van der Waals surface area contributed by atoms with E-state index < -0.39 is 27.9 Å². The predicted octanol–water partition coefficient (Wildman–Crippen LogP) is 3.44. The van der Waals surface area contributed by atoms with Crippen molar-refractivity contribution in [3.63, 3.8) is 0 Å². The van der Waals surface area contributed by atoms with E-state index >= 15 is 0 Å². The summed E-state index contributed by atoms with van der Waals surface area (Å²) in [7, 11) is -4.35. The third-order valence-corrected chi connectivity index (χ3v) is 5.68. The zero-order chi connectivity index (χ0) is 23.9. The van der Waals surface area contributed by atoms with Crippen LogP contribution in [0.3, 0.4) is 0 Å². The number of nitrogens with zero attached hydrogens (tertiary/aromatic N) is 1. The number of aryl methyl sites for hydroxylation is 1. The lowest BCUT2D eigenvalue weighted by molar-refractivity contribution is -0.155. The zero-order valence-corrected chi connectivity index (χ0v) is 20.2. The van der Waals surface area contributed by atoms with E-state index in [1.807, 2.05) is 17.0 Å². The maximum Gasteiger partial charge on any atom is 0.357 e. The third kappa shape index (κ3) is 9.33. The van der Waals surface area contributed by atoms with Crippen molar-refractivity contribution in [2.75, 3.05) is 4.72 Å². The Bertz CT molecular complexity index is 1030. The van der Waals surface area contributed by atoms with Gasteiger partial charge in [0, 0.05) is 11.8 Å². The fraction of sp³-hybridized carbons (Fsp3) is 0.476. The van der Waals surface area contributed by atoms with E-state index in [1.165, 1.54) is 23.5 Å². The zero-order valence-electron chi connectivity index (χ0n) is 18.5. The number of carbonyl (C=O) groups is 2. The van der Waals surface area contributed by atoms with E-state index in [-0.39, 0.29) is 24.4 Å². The molecule has 0 spiro atoms. The van der Waals surface area contributed by atoms with Crippen LogP contribution in [0.25, 0.3) is 0 Å². The first-order valence-corrected chi connectivity index (χ1v) is 12.5. The molecule has 3 N–H and O–H groups in total. The molecule has 1 heterocycles. The third-order valence-electron chi connectivity index (χ3n) is 4.18. The first-order valence-electron chi connectivity index (χ1n) is 10.1. The van der Waals surface area contributed by atoms with Crippen LogP contribution >= 0.6 is 11.3 Å². The van der Waals surface area contributed by atoms with Gasteiger partial charge in [-0.1, -0.05) is 19.1 Å². The normalized spacial score (nSPS) is 12.8. The first-order chi connectivity index (χ1) is 14.8. The van der Waals surface area contributed by atoms with Crippen molar-refractivity contribution >= 4 is 39.2 Å². The molecule has 0 saturated carbocycles. The number of esters is 1. The van der Waals surface area contributed by atoms with Crippen LogP contribution in [-0.2, 0) is 37.5 Å². The number of amides is 1. The van der Waals surface area contributed by atoms with Gasteiger partial charge in [0.25, 0.3) is 0 Å². The van der Waals surface area contributed by atoms with Crippen molar-refractivity contribution < 1.29 is 27.3 Å². The van der Waals surface area contributed by atoms with Crippen LogP contribution in [0.15, 0.2) is 29.6 Å². The Balaban J connectivity index is 2.08. The lowest BCUT2D eigenvalue weighted by Crippen LogP contribution is -2.31. The second kappa shape index (κ2) is 10.9. The molecule has 176 valence electrons. The van der Waals surface area contributed by atoms with E-state index in [9.17, 15) is 18.0 Å². The van der Waals surface area contributed by atoms with Crippen molar-refractivity contribution in [1.29, 1.82) is 0 Å². The Labute approximate surface area is 192 Å². The smallest absolute Gasteiger partial charge is 0.357 e. The second-order valence-corrected chi connectivity index (χ2v) is 10.3. The molecule has 32 heavy (non-hydrogen) atoms. The highest BCUT2D eigenvalue weighted by molar-refractivity contribution is 7.87. The summed E-state index contributed by atoms with van der Waals surface area (Å²) in [5, 5.41) is 5.62. The van der Waals surface area contributed by atoms with Gasteiger partial charge in [-0.05, 0) is 51.3 Å². The van der Waals surface area contributed by atoms with Crippen LogP contribution in [0.2, 0.25) is 0 Å². The fourth-order valence-corrected chi connectivity index (χ4v) is 4.20. The van der Waals surface area contributed by atoms with E-state index in [0.29, 0.717) is 6.42 Å². The van der Waals surface area contributed by atoms with Gasteiger partial charge in [-0.2, -0.15) is 8.42 Å². The first kappa shape index (κ1) is 25.8. The van der Waals surface area contributed by atoms with Crippen molar-refractivity contribution in [3.05, 3.63) is 45.9 Å². The lowest BCUT2D eigenvalue weighted by atomic mass is 10.1. The Hall–Kier alpha value is -2.50. The van der Waals surface area contributed by atoms with Gasteiger partial charge in [0.05, 0.1) is 23.8 Å². The summed E-state index contributed by atoms with van der Waals surface area (Å²) in [5.74, 6) is -0.729. The van der Waals surface area contributed by atoms with Crippen molar-refractivity contribution in [3.8, 4) is 0 Å². The Morgan fingerprint density at radius 2 is 1.84 bits per heavy atom. The van der Waals surface area contributed by atoms with Crippen molar-refractivity contribution in [2.24, 2.45) is 0 Å². The number of benzene rings is 1. The average molecular weight is 484 g/mol. The number of carbonyl (C=O) groups excluding carboxylic acids is 2. The maximum atomic E-state index is 12.5. The molecule has 1 atom stereocenters. The average Bonchev–Trinajstić information content (AvgIpc) is 3.14. The van der Waals surface area contributed by atoms with Crippen LogP contribution in [0, 0.1) is 0 Å². The van der Waals surface area contributed by atoms with Gasteiger partial charge in [-0.3, -0.25) is 18.9 Å². The van der Waals surface area contributed by atoms with Gasteiger partial charge in [0.15, 0.2) is 0 Å². The van der Waals surface area contributed by atoms with E-state index in [0.717, 1.165) is 22.7 Å². The van der Waals surface area contributed by atoms with Crippen LogP contribution in [0.5, 0.6) is 0 Å². The quantitative estimate of drug-likeness (QED) is 0.348. The molecule has 0 aliphatic carbocycles. The molecule has 1 aromatic carbocycles. The predicted molar refractivity (Wildman–Crippen MR) is 123 cm³/mol. The fourth-order valence-electron chi connectivity index (χ4n) is 2.81. The standard InChI is InChI=1S/C21H29N3O6S2/c1-5-15-13-31-20(22-15)17(23-18(25)10-11-19(26)30-21(2,3)4)12-14-6-8-16(9-7-14)24-32(27,28)29/h6-9,13,17,24H,5,10-12H2,1-4H3,(H,23,25)(H,27,28,29)/t17-/m0/s1. The number of rotatable bonds is 10. The molecule has 9 nitrogen and oxygen atoms in total. The highest BCUT2D eigenvalue weighted by atomic mass is 32.2. The number of hydrogen-bond acceptors (Lipinski definition) is 7. The molecule has 2 rings (SSSR count). The summed E-state index contributed by atoms with van der Waals surface area (Å²) >= 11 is 1.44. The molecule has 2 aromatic rings. The minimum Gasteiger partial charge on any atom is -0.460 e. The van der Waals surface area contributed by atoms with Crippen LogP contribution in [0.1, 0.15) is 62.8 Å². The Kier molecular flexibility index (Phi) is 8.76. The molecular formula is C21H29N3O6S2. The minimum atomic E-state index is -4.35. The van der Waals surface area contributed by atoms with Crippen LogP contribution in [-0.4, -0.2) is 35.4 Å². The maximum absolute atomic E-state index is 12.5. The number of hydrogen-bond donors (Lipinski definition) is 3. The largest absolute Gasteiger partial charge is 0.460 e. The topological polar surface area (TPSA) is 135 Å². The molecule has 0 aliphatic heterocycles. The van der Waals surface area contributed by atoms with Gasteiger partial charge in [-0.15, -0.1) is 11.3 Å². The number of aromatic nitrogens is 1. The monoisotopic (exact) mass is 483 g/mol. The van der Waals surface area contributed by atoms with Crippen LogP contribution in [0.4, 0.5) is 5.69 Å². The summed E-state index contributed by atoms with van der Waals surface area (Å²) in [6.45, 7) is 7.30. The molecule has 1 aromatic heterocycles. The van der Waals surface area contributed by atoms with Gasteiger partial charge in [-0.25, -0.2) is 4.98 Å². The highest BCUT2D eigenvalue weighted by Crippen LogP contribution is 2.24. The van der Waals surface area contributed by atoms with Crippen molar-refractivity contribution in [1.82, 2.24) is 10.3 Å². The lowest BCUT2D eigenvalue weighted by Gasteiger charge is -2.20. The Morgan fingerprint density at radius 1 is 1.19 bits per heavy atom. The molecule has 11 heteroatoms. The molecular weight excluding hydrogens is 454 g/mol. The molecule has 1 amide bonds. The van der Waals surface area contributed by atoms with E-state index in [4.69, 9.17) is 9.29 Å². The number of anilines is 1. The molecule has 0 aliphatic rings. The molecule has 0 unspecified atom stereocenters. The van der Waals surface area contributed by atoms with Gasteiger partial charge in [0.1, 0.15) is 10.6 Å². The second-order valence-electron chi connectivity index (χ2n) is 8.22. The molecule has 0 radical (unpaired) electrons. The summed E-state index contributed by atoms with van der Waals surface area (Å²) in [6.07, 6.45) is 1.16. The van der Waals surface area contributed by atoms with E-state index in [1.54, 1.807) is 32.9 Å². The number of thiazole rings is 1. The number of nitrogens with one attached hydrogen (secondary N) is 2. The SMILES string of the molecule is CCc1csc([C@H](Cc2ccc(NS(=O)(=O)O)cc2)NC(=O)CCC(=O)OC(C)(C)C)n1. The summed E-state index contributed by atoms with van der Waals surface area (Å²) < 4.78 is 38.0.